The largest absolute Gasteiger partial charge is 0.493 e. The smallest absolute Gasteiger partial charge is 0.227 e. The van der Waals surface area contributed by atoms with Crippen LogP contribution in [-0.4, -0.2) is 12.5 Å². The number of para-hydroxylation sites is 1. The van der Waals surface area contributed by atoms with Gasteiger partial charge in [-0.05, 0) is 36.8 Å². The summed E-state index contributed by atoms with van der Waals surface area (Å²) in [6.45, 7) is 2.28. The average Bonchev–Trinajstić information content (AvgIpc) is 2.48. The molecule has 21 heavy (non-hydrogen) atoms. The van der Waals surface area contributed by atoms with Gasteiger partial charge in [-0.15, -0.1) is 0 Å². The molecule has 0 atom stereocenters. The fourth-order valence-corrected chi connectivity index (χ4v) is 1.87. The molecule has 0 aliphatic heterocycles. The maximum absolute atomic E-state index is 11.8. The Hall–Kier alpha value is -2.80. The first kappa shape index (κ1) is 14.6. The van der Waals surface area contributed by atoms with E-state index >= 15 is 0 Å². The molecule has 0 fully saturated rings. The third kappa shape index (κ3) is 4.36. The highest BCUT2D eigenvalue weighted by molar-refractivity contribution is 5.92. The lowest BCUT2D eigenvalue weighted by Crippen LogP contribution is -2.15. The van der Waals surface area contributed by atoms with E-state index in [-0.39, 0.29) is 12.3 Å². The number of hydrogen-bond donors (Lipinski definition) is 1. The van der Waals surface area contributed by atoms with Crippen molar-refractivity contribution >= 4 is 11.6 Å². The van der Waals surface area contributed by atoms with Crippen molar-refractivity contribution in [2.75, 3.05) is 11.9 Å². The minimum Gasteiger partial charge on any atom is -0.493 e. The van der Waals surface area contributed by atoms with Crippen LogP contribution < -0.4 is 10.1 Å². The number of carbonyl (C=O) groups is 1. The standard InChI is InChI=1S/C17H16N2O2/c1-13-5-4-7-15(11-13)21-10-9-17(20)19-16-8-3-2-6-14(16)12-18/h2-8,11H,9-10H2,1H3,(H,19,20). The van der Waals surface area contributed by atoms with Gasteiger partial charge in [-0.25, -0.2) is 0 Å². The van der Waals surface area contributed by atoms with Gasteiger partial charge in [-0.2, -0.15) is 5.26 Å². The summed E-state index contributed by atoms with van der Waals surface area (Å²) >= 11 is 0. The van der Waals surface area contributed by atoms with Gasteiger partial charge in [0.1, 0.15) is 11.8 Å². The molecule has 0 aliphatic rings. The van der Waals surface area contributed by atoms with Crippen molar-refractivity contribution in [3.63, 3.8) is 0 Å². The highest BCUT2D eigenvalue weighted by Crippen LogP contribution is 2.15. The minimum absolute atomic E-state index is 0.176. The lowest BCUT2D eigenvalue weighted by atomic mass is 10.2. The Balaban J connectivity index is 1.84. The third-order valence-electron chi connectivity index (χ3n) is 2.91. The van der Waals surface area contributed by atoms with Gasteiger partial charge in [0.15, 0.2) is 0 Å². The Morgan fingerprint density at radius 1 is 1.24 bits per heavy atom. The molecule has 2 rings (SSSR count). The summed E-state index contributed by atoms with van der Waals surface area (Å²) < 4.78 is 5.53. The van der Waals surface area contributed by atoms with Gasteiger partial charge in [0, 0.05) is 0 Å². The lowest BCUT2D eigenvalue weighted by molar-refractivity contribution is -0.116. The fraction of sp³-hybridized carbons (Fsp3) is 0.176. The second-order valence-corrected chi connectivity index (χ2v) is 4.62. The van der Waals surface area contributed by atoms with Crippen LogP contribution in [0.1, 0.15) is 17.5 Å². The van der Waals surface area contributed by atoms with Crippen LogP contribution in [0, 0.1) is 18.3 Å². The van der Waals surface area contributed by atoms with Crippen LogP contribution >= 0.6 is 0 Å². The Labute approximate surface area is 124 Å². The second-order valence-electron chi connectivity index (χ2n) is 4.62. The van der Waals surface area contributed by atoms with Crippen LogP contribution in [0.15, 0.2) is 48.5 Å². The normalized spacial score (nSPS) is 9.71. The molecule has 1 amide bonds. The number of anilines is 1. The van der Waals surface area contributed by atoms with Crippen LogP contribution in [-0.2, 0) is 4.79 Å². The number of rotatable bonds is 5. The Morgan fingerprint density at radius 2 is 2.05 bits per heavy atom. The molecule has 2 aromatic carbocycles. The number of aryl methyl sites for hydroxylation is 1. The maximum atomic E-state index is 11.8. The summed E-state index contributed by atoms with van der Waals surface area (Å²) in [4.78, 5) is 11.8. The van der Waals surface area contributed by atoms with Crippen molar-refractivity contribution in [3.05, 3.63) is 59.7 Å². The zero-order chi connectivity index (χ0) is 15.1. The van der Waals surface area contributed by atoms with E-state index in [0.717, 1.165) is 11.3 Å². The SMILES string of the molecule is Cc1cccc(OCCC(=O)Nc2ccccc2C#N)c1. The predicted molar refractivity (Wildman–Crippen MR) is 81.1 cm³/mol. The minimum atomic E-state index is -0.176. The Bertz CT molecular complexity index is 674. The molecule has 106 valence electrons. The summed E-state index contributed by atoms with van der Waals surface area (Å²) in [6.07, 6.45) is 0.230. The fourth-order valence-electron chi connectivity index (χ4n) is 1.87. The summed E-state index contributed by atoms with van der Waals surface area (Å²) in [7, 11) is 0. The van der Waals surface area contributed by atoms with Gasteiger partial charge in [-0.3, -0.25) is 4.79 Å². The van der Waals surface area contributed by atoms with E-state index < -0.39 is 0 Å². The number of ether oxygens (including phenoxy) is 1. The first-order chi connectivity index (χ1) is 10.2. The molecular formula is C17H16N2O2. The first-order valence-corrected chi connectivity index (χ1v) is 6.67. The first-order valence-electron chi connectivity index (χ1n) is 6.67. The summed E-state index contributed by atoms with van der Waals surface area (Å²) in [5.74, 6) is 0.575. The molecule has 2 aromatic rings. The number of carbonyl (C=O) groups excluding carboxylic acids is 1. The summed E-state index contributed by atoms with van der Waals surface area (Å²) in [6, 6.07) is 16.6. The van der Waals surface area contributed by atoms with Gasteiger partial charge in [0.25, 0.3) is 0 Å². The number of hydrogen-bond acceptors (Lipinski definition) is 3. The van der Waals surface area contributed by atoms with Crippen LogP contribution in [0.4, 0.5) is 5.69 Å². The van der Waals surface area contributed by atoms with E-state index in [1.54, 1.807) is 24.3 Å². The second kappa shape index (κ2) is 7.11. The molecule has 0 radical (unpaired) electrons. The van der Waals surface area contributed by atoms with Gasteiger partial charge in [0.2, 0.25) is 5.91 Å². The molecular weight excluding hydrogens is 264 g/mol. The molecule has 0 bridgehead atoms. The van der Waals surface area contributed by atoms with Crippen LogP contribution in [0.2, 0.25) is 0 Å². The molecule has 0 unspecified atom stereocenters. The van der Waals surface area contributed by atoms with E-state index in [9.17, 15) is 4.79 Å². The molecule has 1 N–H and O–H groups in total. The van der Waals surface area contributed by atoms with E-state index in [1.807, 2.05) is 37.3 Å². The number of nitrogens with one attached hydrogen (secondary N) is 1. The van der Waals surface area contributed by atoms with Gasteiger partial charge >= 0.3 is 0 Å². The quantitative estimate of drug-likeness (QED) is 0.914. The zero-order valence-corrected chi connectivity index (χ0v) is 11.8. The highest BCUT2D eigenvalue weighted by atomic mass is 16.5. The zero-order valence-electron chi connectivity index (χ0n) is 11.8. The highest BCUT2D eigenvalue weighted by Gasteiger charge is 2.06. The van der Waals surface area contributed by atoms with Crippen LogP contribution in [0.5, 0.6) is 5.75 Å². The molecule has 0 heterocycles. The number of benzene rings is 2. The Morgan fingerprint density at radius 3 is 2.81 bits per heavy atom. The van der Waals surface area contributed by atoms with Crippen LogP contribution in [0.3, 0.4) is 0 Å². The Kier molecular flexibility index (Phi) is 4.94. The number of nitrogens with zero attached hydrogens (tertiary/aromatic N) is 1. The molecule has 0 spiro atoms. The van der Waals surface area contributed by atoms with Crippen molar-refractivity contribution in [2.45, 2.75) is 13.3 Å². The predicted octanol–water partition coefficient (Wildman–Crippen LogP) is 3.27. The molecule has 0 aliphatic carbocycles. The van der Waals surface area contributed by atoms with Gasteiger partial charge in [-0.1, -0.05) is 24.3 Å². The summed E-state index contributed by atoms with van der Waals surface area (Å²) in [5.41, 5.74) is 2.09. The average molecular weight is 280 g/mol. The van der Waals surface area contributed by atoms with Crippen molar-refractivity contribution < 1.29 is 9.53 Å². The third-order valence-corrected chi connectivity index (χ3v) is 2.91. The molecule has 0 saturated heterocycles. The molecule has 4 heteroatoms. The molecule has 0 saturated carbocycles. The number of nitriles is 1. The van der Waals surface area contributed by atoms with Gasteiger partial charge < -0.3 is 10.1 Å². The van der Waals surface area contributed by atoms with E-state index in [0.29, 0.717) is 17.9 Å². The van der Waals surface area contributed by atoms with Crippen LogP contribution in [0.25, 0.3) is 0 Å². The maximum Gasteiger partial charge on any atom is 0.227 e. The van der Waals surface area contributed by atoms with E-state index in [2.05, 4.69) is 5.32 Å². The van der Waals surface area contributed by atoms with Crippen molar-refractivity contribution in [3.8, 4) is 11.8 Å². The molecule has 4 nitrogen and oxygen atoms in total. The van der Waals surface area contributed by atoms with Crippen molar-refractivity contribution in [2.24, 2.45) is 0 Å². The van der Waals surface area contributed by atoms with Gasteiger partial charge in [0.05, 0.1) is 24.3 Å². The lowest BCUT2D eigenvalue weighted by Gasteiger charge is -2.08. The van der Waals surface area contributed by atoms with Crippen molar-refractivity contribution in [1.29, 1.82) is 5.26 Å². The molecule has 0 aromatic heterocycles. The number of amides is 1. The van der Waals surface area contributed by atoms with E-state index in [4.69, 9.17) is 10.00 Å². The van der Waals surface area contributed by atoms with E-state index in [1.165, 1.54) is 0 Å². The van der Waals surface area contributed by atoms with Crippen molar-refractivity contribution in [1.82, 2.24) is 0 Å². The topological polar surface area (TPSA) is 62.1 Å². The summed E-state index contributed by atoms with van der Waals surface area (Å²) in [5, 5.41) is 11.7. The monoisotopic (exact) mass is 280 g/mol.